The minimum absolute atomic E-state index is 0.00918. The van der Waals surface area contributed by atoms with Gasteiger partial charge in [0.2, 0.25) is 5.91 Å². The number of amides is 1. The number of nitrogens with one attached hydrogen (secondary N) is 2. The van der Waals surface area contributed by atoms with Crippen LogP contribution in [0.1, 0.15) is 46.6 Å². The average Bonchev–Trinajstić information content (AvgIpc) is 2.45. The summed E-state index contributed by atoms with van der Waals surface area (Å²) in [6.07, 6.45) is 1.27. The first-order chi connectivity index (χ1) is 10.3. The molecule has 0 bridgehead atoms. The number of anilines is 1. The van der Waals surface area contributed by atoms with Crippen molar-refractivity contribution in [3.8, 4) is 0 Å². The first kappa shape index (κ1) is 18.7. The summed E-state index contributed by atoms with van der Waals surface area (Å²) in [5, 5.41) is 16.4. The zero-order valence-corrected chi connectivity index (χ0v) is 14.4. The third-order valence-corrected chi connectivity index (χ3v) is 4.22. The Kier molecular flexibility index (Phi) is 7.04. The van der Waals surface area contributed by atoms with Crippen molar-refractivity contribution < 1.29 is 9.90 Å². The highest BCUT2D eigenvalue weighted by Gasteiger charge is 2.25. The standard InChI is InChI=1S/C18H30N2O2/c1-6-15-9-7-8-10-16(15)20-17(21)11-14(4)19-12-18(5,22)13(2)3/h7-10,13-14,19,22H,6,11-12H2,1-5H3,(H,20,21). The summed E-state index contributed by atoms with van der Waals surface area (Å²) >= 11 is 0. The van der Waals surface area contributed by atoms with Gasteiger partial charge in [-0.3, -0.25) is 4.79 Å². The van der Waals surface area contributed by atoms with Crippen LogP contribution in [0, 0.1) is 5.92 Å². The maximum absolute atomic E-state index is 12.1. The molecule has 0 saturated heterocycles. The third kappa shape index (κ3) is 5.78. The van der Waals surface area contributed by atoms with E-state index in [2.05, 4.69) is 17.6 Å². The molecule has 22 heavy (non-hydrogen) atoms. The number of carbonyl (C=O) groups is 1. The smallest absolute Gasteiger partial charge is 0.225 e. The molecule has 0 spiro atoms. The summed E-state index contributed by atoms with van der Waals surface area (Å²) in [7, 11) is 0. The van der Waals surface area contributed by atoms with Gasteiger partial charge in [0.1, 0.15) is 0 Å². The quantitative estimate of drug-likeness (QED) is 0.692. The van der Waals surface area contributed by atoms with E-state index in [0.717, 1.165) is 17.7 Å². The minimum Gasteiger partial charge on any atom is -0.389 e. The number of aliphatic hydroxyl groups is 1. The van der Waals surface area contributed by atoms with Crippen molar-refractivity contribution in [3.63, 3.8) is 0 Å². The Morgan fingerprint density at radius 3 is 2.50 bits per heavy atom. The number of hydrogen-bond donors (Lipinski definition) is 3. The van der Waals surface area contributed by atoms with Crippen molar-refractivity contribution in [1.82, 2.24) is 5.32 Å². The maximum Gasteiger partial charge on any atom is 0.225 e. The molecule has 124 valence electrons. The van der Waals surface area contributed by atoms with E-state index in [1.54, 1.807) is 0 Å². The largest absolute Gasteiger partial charge is 0.389 e. The number of para-hydroxylation sites is 1. The molecule has 2 atom stereocenters. The van der Waals surface area contributed by atoms with Gasteiger partial charge in [-0.15, -0.1) is 0 Å². The van der Waals surface area contributed by atoms with Gasteiger partial charge in [-0.25, -0.2) is 0 Å². The molecule has 0 saturated carbocycles. The molecule has 1 aromatic rings. The van der Waals surface area contributed by atoms with Gasteiger partial charge in [0, 0.05) is 24.7 Å². The molecule has 2 unspecified atom stereocenters. The highest BCUT2D eigenvalue weighted by atomic mass is 16.3. The molecular weight excluding hydrogens is 276 g/mol. The van der Waals surface area contributed by atoms with E-state index in [9.17, 15) is 9.90 Å². The molecule has 3 N–H and O–H groups in total. The van der Waals surface area contributed by atoms with Gasteiger partial charge in [-0.2, -0.15) is 0 Å². The second kappa shape index (κ2) is 8.30. The van der Waals surface area contributed by atoms with Crippen LogP contribution in [-0.4, -0.2) is 29.2 Å². The summed E-state index contributed by atoms with van der Waals surface area (Å²) in [6.45, 7) is 10.3. The number of rotatable bonds is 8. The average molecular weight is 306 g/mol. The van der Waals surface area contributed by atoms with Crippen LogP contribution in [0.5, 0.6) is 0 Å². The highest BCUT2D eigenvalue weighted by Crippen LogP contribution is 2.17. The predicted molar refractivity (Wildman–Crippen MR) is 92.0 cm³/mol. The second-order valence-corrected chi connectivity index (χ2v) is 6.56. The van der Waals surface area contributed by atoms with E-state index in [1.807, 2.05) is 52.0 Å². The molecule has 0 fully saturated rings. The van der Waals surface area contributed by atoms with Gasteiger partial charge < -0.3 is 15.7 Å². The van der Waals surface area contributed by atoms with Gasteiger partial charge in [0.15, 0.2) is 0 Å². The lowest BCUT2D eigenvalue weighted by molar-refractivity contribution is -0.116. The van der Waals surface area contributed by atoms with Crippen LogP contribution in [0.25, 0.3) is 0 Å². The van der Waals surface area contributed by atoms with Gasteiger partial charge in [-0.05, 0) is 37.8 Å². The fraction of sp³-hybridized carbons (Fsp3) is 0.611. The monoisotopic (exact) mass is 306 g/mol. The van der Waals surface area contributed by atoms with Gasteiger partial charge in [0.05, 0.1) is 5.60 Å². The molecule has 0 heterocycles. The van der Waals surface area contributed by atoms with Crippen LogP contribution in [0.15, 0.2) is 24.3 Å². The van der Waals surface area contributed by atoms with Crippen LogP contribution in [0.2, 0.25) is 0 Å². The zero-order valence-electron chi connectivity index (χ0n) is 14.4. The van der Waals surface area contributed by atoms with E-state index in [-0.39, 0.29) is 17.9 Å². The first-order valence-electron chi connectivity index (χ1n) is 8.09. The first-order valence-corrected chi connectivity index (χ1v) is 8.09. The van der Waals surface area contributed by atoms with Crippen molar-refractivity contribution in [2.24, 2.45) is 5.92 Å². The summed E-state index contributed by atoms with van der Waals surface area (Å²) in [5.41, 5.74) is 1.26. The summed E-state index contributed by atoms with van der Waals surface area (Å²) in [4.78, 5) is 12.1. The third-order valence-electron chi connectivity index (χ3n) is 4.22. The summed E-state index contributed by atoms with van der Waals surface area (Å²) < 4.78 is 0. The van der Waals surface area contributed by atoms with Crippen LogP contribution in [0.3, 0.4) is 0 Å². The molecule has 4 nitrogen and oxygen atoms in total. The van der Waals surface area contributed by atoms with Gasteiger partial charge in [0.25, 0.3) is 0 Å². The van der Waals surface area contributed by atoms with Crippen LogP contribution in [-0.2, 0) is 11.2 Å². The Labute approximate surface area is 134 Å². The SMILES string of the molecule is CCc1ccccc1NC(=O)CC(C)NCC(C)(O)C(C)C. The number of aryl methyl sites for hydroxylation is 1. The lowest BCUT2D eigenvalue weighted by Gasteiger charge is -2.29. The molecule has 1 aromatic carbocycles. The van der Waals surface area contributed by atoms with Crippen LogP contribution in [0.4, 0.5) is 5.69 Å². The van der Waals surface area contributed by atoms with Crippen molar-refractivity contribution in [2.75, 3.05) is 11.9 Å². The molecule has 4 heteroatoms. The number of hydrogen-bond acceptors (Lipinski definition) is 3. The number of carbonyl (C=O) groups excluding carboxylic acids is 1. The Morgan fingerprint density at radius 1 is 1.27 bits per heavy atom. The normalized spacial score (nSPS) is 15.4. The van der Waals surface area contributed by atoms with E-state index < -0.39 is 5.60 Å². The Morgan fingerprint density at radius 2 is 1.91 bits per heavy atom. The summed E-state index contributed by atoms with van der Waals surface area (Å²) in [6, 6.07) is 7.87. The van der Waals surface area contributed by atoms with Crippen molar-refractivity contribution in [2.45, 2.75) is 59.1 Å². The summed E-state index contributed by atoms with van der Waals surface area (Å²) in [5.74, 6) is 0.155. The molecular formula is C18H30N2O2. The zero-order chi connectivity index (χ0) is 16.8. The maximum atomic E-state index is 12.1. The van der Waals surface area contributed by atoms with E-state index in [0.29, 0.717) is 13.0 Å². The molecule has 1 rings (SSSR count). The fourth-order valence-corrected chi connectivity index (χ4v) is 2.09. The second-order valence-electron chi connectivity index (χ2n) is 6.56. The molecule has 0 aromatic heterocycles. The topological polar surface area (TPSA) is 61.4 Å². The fourth-order valence-electron chi connectivity index (χ4n) is 2.09. The van der Waals surface area contributed by atoms with Crippen molar-refractivity contribution in [3.05, 3.63) is 29.8 Å². The Hall–Kier alpha value is -1.39. The van der Waals surface area contributed by atoms with Crippen molar-refractivity contribution >= 4 is 11.6 Å². The number of benzene rings is 1. The van der Waals surface area contributed by atoms with Crippen LogP contribution >= 0.6 is 0 Å². The van der Waals surface area contributed by atoms with Gasteiger partial charge >= 0.3 is 0 Å². The molecule has 0 aliphatic carbocycles. The predicted octanol–water partition coefficient (Wildman–Crippen LogP) is 2.96. The van der Waals surface area contributed by atoms with Crippen LogP contribution < -0.4 is 10.6 Å². The van der Waals surface area contributed by atoms with Gasteiger partial charge in [-0.1, -0.05) is 39.0 Å². The van der Waals surface area contributed by atoms with E-state index >= 15 is 0 Å². The highest BCUT2D eigenvalue weighted by molar-refractivity contribution is 5.91. The van der Waals surface area contributed by atoms with E-state index in [4.69, 9.17) is 0 Å². The molecule has 1 amide bonds. The molecule has 0 radical (unpaired) electrons. The molecule has 0 aliphatic rings. The Bertz CT molecular complexity index is 484. The Balaban J connectivity index is 2.48. The lowest BCUT2D eigenvalue weighted by Crippen LogP contribution is -2.45. The minimum atomic E-state index is -0.764. The molecule has 0 aliphatic heterocycles. The van der Waals surface area contributed by atoms with Crippen molar-refractivity contribution in [1.29, 1.82) is 0 Å². The van der Waals surface area contributed by atoms with E-state index in [1.165, 1.54) is 0 Å². The lowest BCUT2D eigenvalue weighted by atomic mass is 9.92.